The number of ether oxygens (including phenoxy) is 2. The van der Waals surface area contributed by atoms with Gasteiger partial charge in [0.2, 0.25) is 12.7 Å². The van der Waals surface area contributed by atoms with Gasteiger partial charge in [0, 0.05) is 24.5 Å². The van der Waals surface area contributed by atoms with Crippen LogP contribution in [0.2, 0.25) is 0 Å². The third-order valence-corrected chi connectivity index (χ3v) is 3.74. The average molecular weight is 356 g/mol. The van der Waals surface area contributed by atoms with Crippen molar-refractivity contribution in [1.29, 1.82) is 0 Å². The van der Waals surface area contributed by atoms with Crippen LogP contribution in [0, 0.1) is 11.6 Å². The molecule has 3 aromatic rings. The molecule has 0 aliphatic carbocycles. The first-order valence-corrected chi connectivity index (χ1v) is 7.85. The van der Waals surface area contributed by atoms with Crippen LogP contribution in [0.25, 0.3) is 0 Å². The molecule has 1 aliphatic heterocycles. The van der Waals surface area contributed by atoms with E-state index in [1.165, 1.54) is 6.07 Å². The Morgan fingerprint density at radius 1 is 0.962 bits per heavy atom. The zero-order chi connectivity index (χ0) is 17.9. The van der Waals surface area contributed by atoms with Gasteiger partial charge in [0.15, 0.2) is 23.1 Å². The molecule has 0 amide bonds. The zero-order valence-corrected chi connectivity index (χ0v) is 13.5. The van der Waals surface area contributed by atoms with Crippen LogP contribution in [0.1, 0.15) is 5.56 Å². The lowest BCUT2D eigenvalue weighted by Crippen LogP contribution is -2.05. The number of hydrogen-bond acceptors (Lipinski definition) is 6. The van der Waals surface area contributed by atoms with E-state index in [0.29, 0.717) is 29.7 Å². The maximum absolute atomic E-state index is 13.3. The fourth-order valence-corrected chi connectivity index (χ4v) is 2.47. The van der Waals surface area contributed by atoms with E-state index >= 15 is 0 Å². The van der Waals surface area contributed by atoms with Gasteiger partial charge in [-0.25, -0.2) is 13.8 Å². The van der Waals surface area contributed by atoms with Gasteiger partial charge in [-0.05, 0) is 35.9 Å². The first-order chi connectivity index (χ1) is 12.7. The summed E-state index contributed by atoms with van der Waals surface area (Å²) in [5.74, 6) is 0.464. The van der Waals surface area contributed by atoms with Crippen molar-refractivity contribution in [1.82, 2.24) is 9.97 Å². The molecule has 6 nitrogen and oxygen atoms in total. The molecular formula is C18H14F2N4O2. The summed E-state index contributed by atoms with van der Waals surface area (Å²) in [5.41, 5.74) is 1.38. The molecule has 2 N–H and O–H groups in total. The van der Waals surface area contributed by atoms with Crippen LogP contribution in [0.4, 0.5) is 26.2 Å². The second kappa shape index (κ2) is 6.83. The number of aromatic nitrogens is 2. The summed E-state index contributed by atoms with van der Waals surface area (Å²) in [6.07, 6.45) is 1.57. The summed E-state index contributed by atoms with van der Waals surface area (Å²) in [6, 6.07) is 10.8. The van der Waals surface area contributed by atoms with E-state index in [4.69, 9.17) is 9.47 Å². The first kappa shape index (κ1) is 16.1. The minimum absolute atomic E-state index is 0.229. The van der Waals surface area contributed by atoms with E-state index in [2.05, 4.69) is 20.6 Å². The Kier molecular flexibility index (Phi) is 4.22. The van der Waals surface area contributed by atoms with E-state index in [0.717, 1.165) is 23.4 Å². The molecule has 2 aromatic carbocycles. The highest BCUT2D eigenvalue weighted by atomic mass is 19.2. The molecule has 0 spiro atoms. The van der Waals surface area contributed by atoms with E-state index < -0.39 is 11.6 Å². The van der Waals surface area contributed by atoms with Crippen molar-refractivity contribution in [3.63, 3.8) is 0 Å². The highest BCUT2D eigenvalue weighted by Crippen LogP contribution is 2.32. The largest absolute Gasteiger partial charge is 0.454 e. The predicted octanol–water partition coefficient (Wildman–Crippen LogP) is 3.84. The Balaban J connectivity index is 1.43. The van der Waals surface area contributed by atoms with Gasteiger partial charge in [-0.2, -0.15) is 4.98 Å². The molecule has 0 unspecified atom stereocenters. The van der Waals surface area contributed by atoms with Gasteiger partial charge in [0.25, 0.3) is 0 Å². The molecule has 8 heteroatoms. The molecular weight excluding hydrogens is 342 g/mol. The zero-order valence-electron chi connectivity index (χ0n) is 13.5. The number of fused-ring (bicyclic) bond motifs is 1. The SMILES string of the molecule is Fc1ccc(Nc2ccnc(NCc3ccc4c(c3)OCO4)n2)cc1F. The molecule has 2 heterocycles. The molecule has 0 radical (unpaired) electrons. The van der Waals surface area contributed by atoms with E-state index in [1.807, 2.05) is 18.2 Å². The van der Waals surface area contributed by atoms with Crippen LogP contribution in [0.15, 0.2) is 48.7 Å². The minimum Gasteiger partial charge on any atom is -0.454 e. The Labute approximate surface area is 147 Å². The summed E-state index contributed by atoms with van der Waals surface area (Å²) >= 11 is 0. The maximum atomic E-state index is 13.3. The molecule has 1 aliphatic rings. The van der Waals surface area contributed by atoms with Crippen LogP contribution in [-0.4, -0.2) is 16.8 Å². The molecule has 0 saturated carbocycles. The fourth-order valence-electron chi connectivity index (χ4n) is 2.47. The average Bonchev–Trinajstić information content (AvgIpc) is 3.11. The van der Waals surface area contributed by atoms with Crippen LogP contribution in [0.3, 0.4) is 0 Å². The van der Waals surface area contributed by atoms with Gasteiger partial charge in [-0.3, -0.25) is 0 Å². The van der Waals surface area contributed by atoms with Crippen molar-refractivity contribution in [3.8, 4) is 11.5 Å². The Morgan fingerprint density at radius 3 is 2.73 bits per heavy atom. The Bertz CT molecular complexity index is 952. The number of anilines is 3. The minimum atomic E-state index is -0.926. The highest BCUT2D eigenvalue weighted by molar-refractivity contribution is 5.57. The summed E-state index contributed by atoms with van der Waals surface area (Å²) in [4.78, 5) is 8.45. The number of nitrogens with zero attached hydrogens (tertiary/aromatic N) is 2. The maximum Gasteiger partial charge on any atom is 0.231 e. The molecule has 0 atom stereocenters. The van der Waals surface area contributed by atoms with Crippen molar-refractivity contribution in [3.05, 3.63) is 65.9 Å². The second-order valence-corrected chi connectivity index (χ2v) is 5.56. The van der Waals surface area contributed by atoms with Crippen LogP contribution in [0.5, 0.6) is 11.5 Å². The summed E-state index contributed by atoms with van der Waals surface area (Å²) in [7, 11) is 0. The highest BCUT2D eigenvalue weighted by Gasteiger charge is 2.13. The van der Waals surface area contributed by atoms with Crippen molar-refractivity contribution in [2.75, 3.05) is 17.4 Å². The summed E-state index contributed by atoms with van der Waals surface area (Å²) < 4.78 is 36.9. The first-order valence-electron chi connectivity index (χ1n) is 7.85. The number of nitrogens with one attached hydrogen (secondary N) is 2. The smallest absolute Gasteiger partial charge is 0.231 e. The van der Waals surface area contributed by atoms with E-state index in [1.54, 1.807) is 12.3 Å². The van der Waals surface area contributed by atoms with Crippen LogP contribution >= 0.6 is 0 Å². The molecule has 4 rings (SSSR count). The van der Waals surface area contributed by atoms with Gasteiger partial charge >= 0.3 is 0 Å². The summed E-state index contributed by atoms with van der Waals surface area (Å²) in [6.45, 7) is 0.721. The van der Waals surface area contributed by atoms with Gasteiger partial charge in [-0.1, -0.05) is 6.07 Å². The van der Waals surface area contributed by atoms with Gasteiger partial charge in [0.05, 0.1) is 0 Å². The third kappa shape index (κ3) is 3.49. The lowest BCUT2D eigenvalue weighted by Gasteiger charge is -2.09. The standard InChI is InChI=1S/C18H14F2N4O2/c19-13-3-2-12(8-14(13)20)23-17-5-6-21-18(24-17)22-9-11-1-4-15-16(7-11)26-10-25-15/h1-8H,9-10H2,(H2,21,22,23,24). The molecule has 132 valence electrons. The van der Waals surface area contributed by atoms with Crippen molar-refractivity contribution < 1.29 is 18.3 Å². The third-order valence-electron chi connectivity index (χ3n) is 3.74. The van der Waals surface area contributed by atoms with Crippen LogP contribution in [-0.2, 0) is 6.54 Å². The van der Waals surface area contributed by atoms with Gasteiger partial charge in [0.1, 0.15) is 5.82 Å². The van der Waals surface area contributed by atoms with Crippen LogP contribution < -0.4 is 20.1 Å². The molecule has 0 fully saturated rings. The number of benzene rings is 2. The Hall–Kier alpha value is -3.42. The molecule has 0 saturated heterocycles. The molecule has 0 bridgehead atoms. The quantitative estimate of drug-likeness (QED) is 0.724. The molecule has 26 heavy (non-hydrogen) atoms. The number of rotatable bonds is 5. The lowest BCUT2D eigenvalue weighted by molar-refractivity contribution is 0.174. The monoisotopic (exact) mass is 356 g/mol. The van der Waals surface area contributed by atoms with Crippen molar-refractivity contribution in [2.45, 2.75) is 6.54 Å². The van der Waals surface area contributed by atoms with Crippen molar-refractivity contribution in [2.24, 2.45) is 0 Å². The topological polar surface area (TPSA) is 68.3 Å². The fraction of sp³-hybridized carbons (Fsp3) is 0.111. The van der Waals surface area contributed by atoms with Crippen molar-refractivity contribution >= 4 is 17.5 Å². The summed E-state index contributed by atoms with van der Waals surface area (Å²) in [5, 5.41) is 6.02. The lowest BCUT2D eigenvalue weighted by atomic mass is 10.2. The van der Waals surface area contributed by atoms with Gasteiger partial charge in [-0.15, -0.1) is 0 Å². The van der Waals surface area contributed by atoms with E-state index in [-0.39, 0.29) is 6.79 Å². The molecule has 1 aromatic heterocycles. The van der Waals surface area contributed by atoms with E-state index in [9.17, 15) is 8.78 Å². The normalized spacial score (nSPS) is 12.1. The predicted molar refractivity (Wildman–Crippen MR) is 91.6 cm³/mol. The van der Waals surface area contributed by atoms with Gasteiger partial charge < -0.3 is 20.1 Å². The second-order valence-electron chi connectivity index (χ2n) is 5.56. The number of halogens is 2. The Morgan fingerprint density at radius 2 is 1.85 bits per heavy atom. The number of hydrogen-bond donors (Lipinski definition) is 2.